The molecule has 4 rings (SSSR count). The number of urea groups is 1. The van der Waals surface area contributed by atoms with E-state index in [1.165, 1.54) is 6.42 Å². The van der Waals surface area contributed by atoms with Gasteiger partial charge in [0.1, 0.15) is 0 Å². The van der Waals surface area contributed by atoms with Gasteiger partial charge >= 0.3 is 6.03 Å². The molecular formula is C12H24N4O. The molecular weight excluding hydrogens is 216 g/mol. The summed E-state index contributed by atoms with van der Waals surface area (Å²) in [5.41, 5.74) is 0. The average Bonchev–Trinajstić information content (AvgIpc) is 2.40. The summed E-state index contributed by atoms with van der Waals surface area (Å²) in [4.78, 5) is 16.1. The number of rotatable bonds is 0. The van der Waals surface area contributed by atoms with Crippen molar-refractivity contribution in [3.8, 4) is 0 Å². The summed E-state index contributed by atoms with van der Waals surface area (Å²) in [7, 11) is 0. The lowest BCUT2D eigenvalue weighted by molar-refractivity contribution is 0.0745. The van der Waals surface area contributed by atoms with Crippen molar-refractivity contribution in [2.24, 2.45) is 0 Å². The van der Waals surface area contributed by atoms with Gasteiger partial charge in [-0.2, -0.15) is 0 Å². The van der Waals surface area contributed by atoms with Gasteiger partial charge in [0, 0.05) is 51.4 Å². The molecule has 2 N–H and O–H groups in total. The third-order valence-electron chi connectivity index (χ3n) is 3.58. The van der Waals surface area contributed by atoms with E-state index in [0.29, 0.717) is 12.1 Å². The zero-order valence-electron chi connectivity index (χ0n) is 10.9. The van der Waals surface area contributed by atoms with E-state index in [4.69, 9.17) is 0 Å². The molecule has 0 spiro atoms. The topological polar surface area (TPSA) is 47.6 Å². The Labute approximate surface area is 104 Å². The summed E-state index contributed by atoms with van der Waals surface area (Å²) in [6.45, 7) is 9.39. The Balaban J connectivity index is 0.000000514. The summed E-state index contributed by atoms with van der Waals surface area (Å²) in [5.74, 6) is 0. The zero-order valence-corrected chi connectivity index (χ0v) is 10.9. The van der Waals surface area contributed by atoms with Crippen LogP contribution in [0.3, 0.4) is 0 Å². The van der Waals surface area contributed by atoms with E-state index in [1.807, 2.05) is 23.6 Å². The number of piperidine rings is 1. The number of nitrogens with one attached hydrogen (secondary N) is 2. The number of nitrogens with zero attached hydrogens (tertiary/aromatic N) is 2. The molecule has 5 nitrogen and oxygen atoms in total. The third-order valence-corrected chi connectivity index (χ3v) is 3.58. The first-order chi connectivity index (χ1) is 8.33. The van der Waals surface area contributed by atoms with Crippen LogP contribution in [0.1, 0.15) is 20.3 Å². The quantitative estimate of drug-likeness (QED) is 0.630. The van der Waals surface area contributed by atoms with Crippen molar-refractivity contribution in [1.82, 2.24) is 20.4 Å². The van der Waals surface area contributed by atoms with E-state index >= 15 is 0 Å². The Kier molecular flexibility index (Phi) is 4.23. The van der Waals surface area contributed by atoms with Crippen LogP contribution < -0.4 is 10.6 Å². The van der Waals surface area contributed by atoms with Crippen LogP contribution in [-0.2, 0) is 0 Å². The van der Waals surface area contributed by atoms with Crippen LogP contribution in [0.5, 0.6) is 0 Å². The van der Waals surface area contributed by atoms with Gasteiger partial charge in [0.25, 0.3) is 0 Å². The van der Waals surface area contributed by atoms with E-state index < -0.39 is 0 Å². The molecule has 4 aliphatic rings. The third kappa shape index (κ3) is 2.72. The fourth-order valence-corrected chi connectivity index (χ4v) is 2.73. The second-order valence-electron chi connectivity index (χ2n) is 4.72. The minimum absolute atomic E-state index is 0.243. The van der Waals surface area contributed by atoms with Gasteiger partial charge in [0.2, 0.25) is 0 Å². The molecule has 5 heteroatoms. The highest BCUT2D eigenvalue weighted by molar-refractivity contribution is 5.75. The Hall–Kier alpha value is -0.810. The van der Waals surface area contributed by atoms with Crippen molar-refractivity contribution in [2.45, 2.75) is 32.4 Å². The first-order valence-electron chi connectivity index (χ1n) is 6.83. The number of carbonyl (C=O) groups is 1. The van der Waals surface area contributed by atoms with Crippen LogP contribution in [0.4, 0.5) is 4.79 Å². The summed E-state index contributed by atoms with van der Waals surface area (Å²) in [6.07, 6.45) is 1.26. The highest BCUT2D eigenvalue weighted by atomic mass is 16.2. The maximum absolute atomic E-state index is 12.1. The number of carbonyl (C=O) groups excluding carboxylic acids is 1. The van der Waals surface area contributed by atoms with Crippen LogP contribution >= 0.6 is 0 Å². The zero-order chi connectivity index (χ0) is 12.3. The van der Waals surface area contributed by atoms with Crippen molar-refractivity contribution in [1.29, 1.82) is 0 Å². The van der Waals surface area contributed by atoms with Gasteiger partial charge < -0.3 is 20.4 Å². The molecule has 0 aromatic rings. The Morgan fingerprint density at radius 3 is 2.12 bits per heavy atom. The van der Waals surface area contributed by atoms with Gasteiger partial charge in [0.05, 0.1) is 0 Å². The molecule has 2 amide bonds. The number of hydrogen-bond donors (Lipinski definition) is 2. The van der Waals surface area contributed by atoms with Crippen molar-refractivity contribution in [3.05, 3.63) is 0 Å². The molecule has 0 aromatic heterocycles. The molecule has 0 aliphatic carbocycles. The monoisotopic (exact) mass is 240 g/mol. The normalized spacial score (nSPS) is 31.2. The second kappa shape index (κ2) is 5.69. The molecule has 4 aliphatic heterocycles. The number of fused-ring (bicyclic) bond motifs is 2. The average molecular weight is 240 g/mol. The summed E-state index contributed by atoms with van der Waals surface area (Å²) in [6, 6.07) is 1.37. The van der Waals surface area contributed by atoms with Crippen LogP contribution in [0.2, 0.25) is 0 Å². The first-order valence-corrected chi connectivity index (χ1v) is 6.83. The molecule has 98 valence electrons. The predicted octanol–water partition coefficient (Wildman–Crippen LogP) is 0.0839. The number of amides is 2. The summed E-state index contributed by atoms with van der Waals surface area (Å²) >= 11 is 0. The molecule has 17 heavy (non-hydrogen) atoms. The van der Waals surface area contributed by atoms with Crippen molar-refractivity contribution in [3.63, 3.8) is 0 Å². The molecule has 4 fully saturated rings. The summed E-state index contributed by atoms with van der Waals surface area (Å²) < 4.78 is 0. The smallest absolute Gasteiger partial charge is 0.320 e. The maximum Gasteiger partial charge on any atom is 0.320 e. The second-order valence-corrected chi connectivity index (χ2v) is 4.72. The van der Waals surface area contributed by atoms with Gasteiger partial charge in [-0.25, -0.2) is 4.79 Å². The molecule has 2 bridgehead atoms. The minimum Gasteiger partial charge on any atom is -0.322 e. The molecule has 2 atom stereocenters. The fourth-order valence-electron chi connectivity index (χ4n) is 2.73. The van der Waals surface area contributed by atoms with Gasteiger partial charge in [-0.15, -0.1) is 0 Å². The van der Waals surface area contributed by atoms with Crippen molar-refractivity contribution >= 4 is 6.03 Å². The molecule has 4 saturated heterocycles. The SMILES string of the molecule is CC.O=C(N1CCNCC1)N1CC2CC(C1)N2. The highest BCUT2D eigenvalue weighted by Gasteiger charge is 2.39. The number of piperazine rings is 2. The Bertz CT molecular complexity index is 249. The van der Waals surface area contributed by atoms with E-state index in [0.717, 1.165) is 39.3 Å². The first kappa shape index (κ1) is 12.6. The largest absolute Gasteiger partial charge is 0.322 e. The highest BCUT2D eigenvalue weighted by Crippen LogP contribution is 2.21. The lowest BCUT2D eigenvalue weighted by atomic mass is 9.91. The molecule has 4 heterocycles. The van der Waals surface area contributed by atoms with Crippen LogP contribution in [-0.4, -0.2) is 67.2 Å². The lowest BCUT2D eigenvalue weighted by Crippen LogP contribution is -2.69. The Morgan fingerprint density at radius 2 is 1.59 bits per heavy atom. The van der Waals surface area contributed by atoms with Gasteiger partial charge in [-0.05, 0) is 6.42 Å². The van der Waals surface area contributed by atoms with Crippen LogP contribution in [0.15, 0.2) is 0 Å². The minimum atomic E-state index is 0.243. The molecule has 2 unspecified atom stereocenters. The van der Waals surface area contributed by atoms with E-state index in [2.05, 4.69) is 10.6 Å². The van der Waals surface area contributed by atoms with E-state index in [1.54, 1.807) is 0 Å². The summed E-state index contributed by atoms with van der Waals surface area (Å²) in [5, 5.41) is 6.71. The van der Waals surface area contributed by atoms with Gasteiger partial charge in [0.15, 0.2) is 0 Å². The van der Waals surface area contributed by atoms with E-state index in [9.17, 15) is 4.79 Å². The molecule has 0 aromatic carbocycles. The van der Waals surface area contributed by atoms with Crippen molar-refractivity contribution < 1.29 is 4.79 Å². The van der Waals surface area contributed by atoms with Crippen LogP contribution in [0.25, 0.3) is 0 Å². The standard InChI is InChI=1S/C10H18N4O.C2H6/c15-10(13-3-1-11-2-4-13)14-6-8-5-9(7-14)12-8;1-2/h8-9,11-12H,1-7H2;1-2H3. The lowest BCUT2D eigenvalue weighted by Gasteiger charge is -2.49. The van der Waals surface area contributed by atoms with Gasteiger partial charge in [-0.3, -0.25) is 0 Å². The van der Waals surface area contributed by atoms with E-state index in [-0.39, 0.29) is 6.03 Å². The van der Waals surface area contributed by atoms with Gasteiger partial charge in [-0.1, -0.05) is 13.8 Å². The Morgan fingerprint density at radius 1 is 1.06 bits per heavy atom. The van der Waals surface area contributed by atoms with Crippen LogP contribution in [0, 0.1) is 0 Å². The van der Waals surface area contributed by atoms with Crippen molar-refractivity contribution in [2.75, 3.05) is 39.3 Å². The molecule has 0 radical (unpaired) electrons. The predicted molar refractivity (Wildman–Crippen MR) is 68.1 cm³/mol. The fraction of sp³-hybridized carbons (Fsp3) is 0.917. The molecule has 0 saturated carbocycles. The number of hydrogen-bond acceptors (Lipinski definition) is 3. The maximum atomic E-state index is 12.1.